The number of rotatable bonds is 8. The first kappa shape index (κ1) is 19.4. The third-order valence-corrected chi connectivity index (χ3v) is 6.08. The molecule has 0 fully saturated rings. The Hall–Kier alpha value is -2.32. The number of thioether (sulfide) groups is 1. The Bertz CT molecular complexity index is 864. The predicted molar refractivity (Wildman–Crippen MR) is 111 cm³/mol. The zero-order valence-electron chi connectivity index (χ0n) is 15.3. The highest BCUT2D eigenvalue weighted by Gasteiger charge is 2.21. The average molecular weight is 402 g/mol. The third kappa shape index (κ3) is 5.11. The second-order valence-corrected chi connectivity index (χ2v) is 8.60. The summed E-state index contributed by atoms with van der Waals surface area (Å²) in [7, 11) is 0. The molecule has 0 saturated heterocycles. The lowest BCUT2D eigenvalue weighted by Gasteiger charge is -2.17. The number of nitrogens with two attached hydrogens (primary N) is 1. The predicted octanol–water partition coefficient (Wildman–Crippen LogP) is 3.34. The standard InChI is InChI=1S/C19H23N5OS2/c1-13(10-11-15-7-4-3-5-8-15)21-18(25)14(2)27-19-23-22-17(24(19)20)16-9-6-12-26-16/h3-9,12-14H,10-11,20H2,1-2H3,(H,21,25)/t13-,14+/m1/s1. The number of thiophene rings is 1. The highest BCUT2D eigenvalue weighted by atomic mass is 32.2. The van der Waals surface area contributed by atoms with Gasteiger partial charge in [0.25, 0.3) is 0 Å². The van der Waals surface area contributed by atoms with Crippen LogP contribution < -0.4 is 11.2 Å². The van der Waals surface area contributed by atoms with E-state index in [4.69, 9.17) is 5.84 Å². The number of nitrogens with one attached hydrogen (secondary N) is 1. The fraction of sp³-hybridized carbons (Fsp3) is 0.316. The molecule has 0 saturated carbocycles. The lowest BCUT2D eigenvalue weighted by Crippen LogP contribution is -2.38. The van der Waals surface area contributed by atoms with Gasteiger partial charge in [0.1, 0.15) is 0 Å². The van der Waals surface area contributed by atoms with Crippen molar-refractivity contribution in [3.05, 3.63) is 53.4 Å². The maximum atomic E-state index is 12.5. The summed E-state index contributed by atoms with van der Waals surface area (Å²) >= 11 is 2.86. The van der Waals surface area contributed by atoms with E-state index in [1.165, 1.54) is 22.0 Å². The van der Waals surface area contributed by atoms with E-state index in [1.807, 2.05) is 49.6 Å². The minimum Gasteiger partial charge on any atom is -0.353 e. The van der Waals surface area contributed by atoms with Gasteiger partial charge in [-0.3, -0.25) is 4.79 Å². The van der Waals surface area contributed by atoms with Crippen LogP contribution in [-0.2, 0) is 11.2 Å². The molecule has 0 aliphatic rings. The van der Waals surface area contributed by atoms with E-state index < -0.39 is 0 Å². The Morgan fingerprint density at radius 3 is 2.70 bits per heavy atom. The molecule has 27 heavy (non-hydrogen) atoms. The number of nitrogens with zero attached hydrogens (tertiary/aromatic N) is 3. The van der Waals surface area contributed by atoms with Gasteiger partial charge in [-0.05, 0) is 43.7 Å². The van der Waals surface area contributed by atoms with E-state index >= 15 is 0 Å². The minimum absolute atomic E-state index is 0.0266. The summed E-state index contributed by atoms with van der Waals surface area (Å²) in [5.74, 6) is 6.68. The highest BCUT2D eigenvalue weighted by Crippen LogP contribution is 2.27. The summed E-state index contributed by atoms with van der Waals surface area (Å²) in [5.41, 5.74) is 1.28. The molecule has 6 nitrogen and oxygen atoms in total. The van der Waals surface area contributed by atoms with E-state index in [0.717, 1.165) is 17.7 Å². The van der Waals surface area contributed by atoms with Crippen molar-refractivity contribution in [3.8, 4) is 10.7 Å². The molecule has 1 aromatic carbocycles. The fourth-order valence-electron chi connectivity index (χ4n) is 2.60. The van der Waals surface area contributed by atoms with Crippen LogP contribution >= 0.6 is 23.1 Å². The molecule has 0 bridgehead atoms. The number of amides is 1. The summed E-state index contributed by atoms with van der Waals surface area (Å²) in [6.45, 7) is 3.88. The zero-order valence-corrected chi connectivity index (χ0v) is 17.0. The molecule has 2 heterocycles. The minimum atomic E-state index is -0.313. The Kier molecular flexibility index (Phi) is 6.52. The van der Waals surface area contributed by atoms with Gasteiger partial charge in [-0.25, -0.2) is 4.68 Å². The van der Waals surface area contributed by atoms with Crippen molar-refractivity contribution < 1.29 is 4.79 Å². The number of aryl methyl sites for hydroxylation is 1. The zero-order chi connectivity index (χ0) is 19.2. The molecule has 3 rings (SSSR count). The van der Waals surface area contributed by atoms with Gasteiger partial charge in [-0.15, -0.1) is 21.5 Å². The summed E-state index contributed by atoms with van der Waals surface area (Å²) in [6, 6.07) is 14.3. The van der Waals surface area contributed by atoms with E-state index in [9.17, 15) is 4.79 Å². The van der Waals surface area contributed by atoms with Crippen LogP contribution in [0.5, 0.6) is 0 Å². The van der Waals surface area contributed by atoms with E-state index in [1.54, 1.807) is 11.3 Å². The largest absolute Gasteiger partial charge is 0.353 e. The van der Waals surface area contributed by atoms with Gasteiger partial charge in [0.2, 0.25) is 11.1 Å². The molecular weight excluding hydrogens is 378 g/mol. The lowest BCUT2D eigenvalue weighted by molar-refractivity contribution is -0.120. The second-order valence-electron chi connectivity index (χ2n) is 6.35. The number of nitrogen functional groups attached to an aromatic ring is 1. The number of carbonyl (C=O) groups excluding carboxylic acids is 1. The molecule has 3 N–H and O–H groups in total. The first-order chi connectivity index (χ1) is 13.0. The van der Waals surface area contributed by atoms with Crippen molar-refractivity contribution >= 4 is 29.0 Å². The first-order valence-corrected chi connectivity index (χ1v) is 10.6. The van der Waals surface area contributed by atoms with Crippen LogP contribution in [0.1, 0.15) is 25.8 Å². The molecule has 142 valence electrons. The SMILES string of the molecule is C[C@H](CCc1ccccc1)NC(=O)[C@H](C)Sc1nnc(-c2cccs2)n1N. The molecule has 0 radical (unpaired) electrons. The van der Waals surface area contributed by atoms with Gasteiger partial charge in [0.05, 0.1) is 10.1 Å². The van der Waals surface area contributed by atoms with Crippen LogP contribution in [0.2, 0.25) is 0 Å². The summed E-state index contributed by atoms with van der Waals surface area (Å²) in [5, 5.41) is 13.5. The van der Waals surface area contributed by atoms with Crippen LogP contribution in [0.25, 0.3) is 10.7 Å². The van der Waals surface area contributed by atoms with E-state index in [2.05, 4.69) is 27.6 Å². The van der Waals surface area contributed by atoms with Crippen molar-refractivity contribution in [2.24, 2.45) is 0 Å². The van der Waals surface area contributed by atoms with Gasteiger partial charge in [-0.2, -0.15) is 0 Å². The van der Waals surface area contributed by atoms with Gasteiger partial charge < -0.3 is 11.2 Å². The molecule has 0 spiro atoms. The molecule has 8 heteroatoms. The molecule has 2 aromatic heterocycles. The van der Waals surface area contributed by atoms with Gasteiger partial charge in [-0.1, -0.05) is 48.2 Å². The maximum Gasteiger partial charge on any atom is 0.233 e. The number of carbonyl (C=O) groups is 1. The lowest BCUT2D eigenvalue weighted by atomic mass is 10.1. The number of hydrogen-bond donors (Lipinski definition) is 2. The Balaban J connectivity index is 1.52. The van der Waals surface area contributed by atoms with Crippen molar-refractivity contribution in [2.45, 2.75) is 43.1 Å². The number of benzene rings is 1. The number of aromatic nitrogens is 3. The topological polar surface area (TPSA) is 85.8 Å². The quantitative estimate of drug-likeness (QED) is 0.447. The van der Waals surface area contributed by atoms with Crippen molar-refractivity contribution in [1.29, 1.82) is 0 Å². The smallest absolute Gasteiger partial charge is 0.233 e. The van der Waals surface area contributed by atoms with Crippen molar-refractivity contribution in [1.82, 2.24) is 20.2 Å². The summed E-state index contributed by atoms with van der Waals surface area (Å²) < 4.78 is 1.44. The van der Waals surface area contributed by atoms with Gasteiger partial charge in [0, 0.05) is 6.04 Å². The van der Waals surface area contributed by atoms with Crippen molar-refractivity contribution in [2.75, 3.05) is 5.84 Å². The first-order valence-electron chi connectivity index (χ1n) is 8.80. The van der Waals surface area contributed by atoms with Crippen LogP contribution in [-0.4, -0.2) is 32.1 Å². The molecule has 3 aromatic rings. The maximum absolute atomic E-state index is 12.5. The van der Waals surface area contributed by atoms with Gasteiger partial charge >= 0.3 is 0 Å². The average Bonchev–Trinajstić information content (AvgIpc) is 3.31. The van der Waals surface area contributed by atoms with Crippen LogP contribution in [0, 0.1) is 0 Å². The Labute approximate surface area is 167 Å². The highest BCUT2D eigenvalue weighted by molar-refractivity contribution is 8.00. The Morgan fingerprint density at radius 2 is 2.00 bits per heavy atom. The van der Waals surface area contributed by atoms with Crippen LogP contribution in [0.4, 0.5) is 0 Å². The fourth-order valence-corrected chi connectivity index (χ4v) is 4.09. The molecule has 0 unspecified atom stereocenters. The summed E-state index contributed by atoms with van der Waals surface area (Å²) in [6.07, 6.45) is 1.83. The summed E-state index contributed by atoms with van der Waals surface area (Å²) in [4.78, 5) is 13.4. The van der Waals surface area contributed by atoms with E-state index in [-0.39, 0.29) is 17.2 Å². The molecule has 1 amide bonds. The van der Waals surface area contributed by atoms with Crippen LogP contribution in [0.3, 0.4) is 0 Å². The molecule has 0 aliphatic heterocycles. The Morgan fingerprint density at radius 1 is 1.22 bits per heavy atom. The monoisotopic (exact) mass is 401 g/mol. The third-order valence-electron chi connectivity index (χ3n) is 4.16. The van der Waals surface area contributed by atoms with E-state index in [0.29, 0.717) is 11.0 Å². The molecule has 0 aliphatic carbocycles. The molecule has 2 atom stereocenters. The normalized spacial score (nSPS) is 13.3. The van der Waals surface area contributed by atoms with Crippen molar-refractivity contribution in [3.63, 3.8) is 0 Å². The number of hydrogen-bond acceptors (Lipinski definition) is 6. The molecular formula is C19H23N5OS2. The van der Waals surface area contributed by atoms with Crippen LogP contribution in [0.15, 0.2) is 53.0 Å². The van der Waals surface area contributed by atoms with Gasteiger partial charge in [0.15, 0.2) is 5.82 Å². The second kappa shape index (κ2) is 9.05.